The van der Waals surface area contributed by atoms with Gasteiger partial charge in [-0.05, 0) is 19.5 Å². The lowest BCUT2D eigenvalue weighted by atomic mass is 9.98. The molecule has 2 N–H and O–H groups in total. The van der Waals surface area contributed by atoms with Crippen LogP contribution in [-0.2, 0) is 0 Å². The first kappa shape index (κ1) is 12.6. The second kappa shape index (κ2) is 5.63. The summed E-state index contributed by atoms with van der Waals surface area (Å²) in [7, 11) is 2.18. The molecule has 0 aliphatic carbocycles. The molecule has 1 aliphatic heterocycles. The van der Waals surface area contributed by atoms with Gasteiger partial charge in [-0.3, -0.25) is 4.90 Å². The molecule has 0 unspecified atom stereocenters. The summed E-state index contributed by atoms with van der Waals surface area (Å²) >= 11 is 0. The summed E-state index contributed by atoms with van der Waals surface area (Å²) < 4.78 is 0. The van der Waals surface area contributed by atoms with Gasteiger partial charge in [0.25, 0.3) is 0 Å². The van der Waals surface area contributed by atoms with Crippen molar-refractivity contribution in [1.29, 1.82) is 0 Å². The first-order valence-corrected chi connectivity index (χ1v) is 6.41. The maximum Gasteiger partial charge on any atom is 0.0497 e. The maximum atomic E-state index is 6.18. The number of likely N-dealkylation sites (N-methyl/N-ethyl adjacent to an activating group) is 1. The summed E-state index contributed by atoms with van der Waals surface area (Å²) in [5.74, 6) is 0. The highest BCUT2D eigenvalue weighted by molar-refractivity contribution is 5.20. The van der Waals surface area contributed by atoms with E-state index in [9.17, 15) is 0 Å². The van der Waals surface area contributed by atoms with Crippen molar-refractivity contribution in [2.75, 3.05) is 33.2 Å². The Kier molecular flexibility index (Phi) is 4.15. The van der Waals surface area contributed by atoms with Crippen molar-refractivity contribution in [1.82, 2.24) is 9.80 Å². The van der Waals surface area contributed by atoms with Gasteiger partial charge in [0.2, 0.25) is 0 Å². The summed E-state index contributed by atoms with van der Waals surface area (Å²) in [5, 5.41) is 0. The zero-order valence-electron chi connectivity index (χ0n) is 10.8. The maximum absolute atomic E-state index is 6.18. The molecule has 3 nitrogen and oxygen atoms in total. The highest BCUT2D eigenvalue weighted by Gasteiger charge is 2.26. The van der Waals surface area contributed by atoms with Crippen LogP contribution in [0.15, 0.2) is 30.3 Å². The van der Waals surface area contributed by atoms with Gasteiger partial charge in [0.05, 0.1) is 0 Å². The fourth-order valence-electron chi connectivity index (χ4n) is 2.60. The van der Waals surface area contributed by atoms with Gasteiger partial charge in [0.15, 0.2) is 0 Å². The Balaban J connectivity index is 2.13. The molecule has 2 rings (SSSR count). The van der Waals surface area contributed by atoms with Crippen molar-refractivity contribution in [2.24, 2.45) is 5.73 Å². The minimum atomic E-state index is 0.167. The zero-order valence-corrected chi connectivity index (χ0v) is 10.8. The molecular formula is C14H23N3. The number of hydrogen-bond donors (Lipinski definition) is 1. The first-order valence-electron chi connectivity index (χ1n) is 6.41. The van der Waals surface area contributed by atoms with Crippen LogP contribution in [0.3, 0.4) is 0 Å². The number of piperazine rings is 1. The van der Waals surface area contributed by atoms with Crippen LogP contribution >= 0.6 is 0 Å². The molecule has 1 fully saturated rings. The molecule has 0 bridgehead atoms. The molecule has 0 spiro atoms. The Morgan fingerprint density at radius 1 is 1.06 bits per heavy atom. The molecular weight excluding hydrogens is 210 g/mol. The summed E-state index contributed by atoms with van der Waals surface area (Å²) in [4.78, 5) is 4.89. The lowest BCUT2D eigenvalue weighted by Gasteiger charge is -2.39. The second-order valence-corrected chi connectivity index (χ2v) is 5.05. The van der Waals surface area contributed by atoms with Gasteiger partial charge in [-0.2, -0.15) is 0 Å². The van der Waals surface area contributed by atoms with E-state index in [1.54, 1.807) is 0 Å². The SMILES string of the molecule is C[C@H](N)[C@@H](c1ccccc1)N1CCN(C)CC1. The van der Waals surface area contributed by atoms with Crippen molar-refractivity contribution in [3.05, 3.63) is 35.9 Å². The number of rotatable bonds is 3. The standard InChI is InChI=1S/C14H23N3/c1-12(15)14(13-6-4-3-5-7-13)17-10-8-16(2)9-11-17/h3-7,12,14H,8-11,15H2,1-2H3/t12-,14-/m0/s1. The molecule has 1 saturated heterocycles. The van der Waals surface area contributed by atoms with E-state index in [0.29, 0.717) is 6.04 Å². The van der Waals surface area contributed by atoms with E-state index in [-0.39, 0.29) is 6.04 Å². The van der Waals surface area contributed by atoms with E-state index in [1.165, 1.54) is 5.56 Å². The predicted octanol–water partition coefficient (Wildman–Crippen LogP) is 1.32. The van der Waals surface area contributed by atoms with Crippen LogP contribution in [0.1, 0.15) is 18.5 Å². The lowest BCUT2D eigenvalue weighted by molar-refractivity contribution is 0.101. The van der Waals surface area contributed by atoms with Gasteiger partial charge in [0.1, 0.15) is 0 Å². The van der Waals surface area contributed by atoms with Gasteiger partial charge in [-0.1, -0.05) is 30.3 Å². The van der Waals surface area contributed by atoms with E-state index >= 15 is 0 Å². The third kappa shape index (κ3) is 3.06. The van der Waals surface area contributed by atoms with Crippen LogP contribution in [0.25, 0.3) is 0 Å². The monoisotopic (exact) mass is 233 g/mol. The van der Waals surface area contributed by atoms with Gasteiger partial charge in [-0.25, -0.2) is 0 Å². The largest absolute Gasteiger partial charge is 0.326 e. The summed E-state index contributed by atoms with van der Waals surface area (Å²) in [6.45, 7) is 6.59. The Hall–Kier alpha value is -0.900. The molecule has 0 radical (unpaired) electrons. The normalized spacial score (nSPS) is 22.3. The molecule has 0 amide bonds. The Morgan fingerprint density at radius 2 is 1.65 bits per heavy atom. The molecule has 1 aromatic rings. The highest BCUT2D eigenvalue weighted by Crippen LogP contribution is 2.24. The number of benzene rings is 1. The first-order chi connectivity index (χ1) is 8.18. The summed E-state index contributed by atoms with van der Waals surface area (Å²) in [6, 6.07) is 11.2. The summed E-state index contributed by atoms with van der Waals surface area (Å²) in [6.07, 6.45) is 0. The number of nitrogens with zero attached hydrogens (tertiary/aromatic N) is 2. The minimum absolute atomic E-state index is 0.167. The molecule has 0 saturated carbocycles. The highest BCUT2D eigenvalue weighted by atomic mass is 15.3. The third-order valence-electron chi connectivity index (χ3n) is 3.57. The van der Waals surface area contributed by atoms with Gasteiger partial charge in [0, 0.05) is 38.3 Å². The predicted molar refractivity (Wildman–Crippen MR) is 71.9 cm³/mol. The van der Waals surface area contributed by atoms with Crippen LogP contribution < -0.4 is 5.73 Å². The van der Waals surface area contributed by atoms with Crippen molar-refractivity contribution in [2.45, 2.75) is 19.0 Å². The van der Waals surface area contributed by atoms with E-state index in [0.717, 1.165) is 26.2 Å². The van der Waals surface area contributed by atoms with E-state index < -0.39 is 0 Å². The van der Waals surface area contributed by atoms with Crippen LogP contribution in [0.2, 0.25) is 0 Å². The molecule has 1 aromatic carbocycles. The topological polar surface area (TPSA) is 32.5 Å². The Bertz CT molecular complexity index is 329. The molecule has 3 heteroatoms. The molecule has 94 valence electrons. The number of nitrogens with two attached hydrogens (primary N) is 1. The number of hydrogen-bond acceptors (Lipinski definition) is 3. The molecule has 1 aliphatic rings. The van der Waals surface area contributed by atoms with Crippen LogP contribution in [-0.4, -0.2) is 49.1 Å². The molecule has 0 aromatic heterocycles. The molecule has 2 atom stereocenters. The summed E-state index contributed by atoms with van der Waals surface area (Å²) in [5.41, 5.74) is 7.52. The van der Waals surface area contributed by atoms with E-state index in [2.05, 4.69) is 54.1 Å². The van der Waals surface area contributed by atoms with Crippen LogP contribution in [0.4, 0.5) is 0 Å². The smallest absolute Gasteiger partial charge is 0.0497 e. The zero-order chi connectivity index (χ0) is 12.3. The quantitative estimate of drug-likeness (QED) is 0.854. The van der Waals surface area contributed by atoms with Crippen molar-refractivity contribution >= 4 is 0 Å². The fourth-order valence-corrected chi connectivity index (χ4v) is 2.60. The lowest BCUT2D eigenvalue weighted by Crippen LogP contribution is -2.49. The average Bonchev–Trinajstić information content (AvgIpc) is 2.33. The van der Waals surface area contributed by atoms with Crippen molar-refractivity contribution < 1.29 is 0 Å². The van der Waals surface area contributed by atoms with Crippen molar-refractivity contribution in [3.8, 4) is 0 Å². The van der Waals surface area contributed by atoms with Gasteiger partial charge < -0.3 is 10.6 Å². The van der Waals surface area contributed by atoms with Gasteiger partial charge >= 0.3 is 0 Å². The fraction of sp³-hybridized carbons (Fsp3) is 0.571. The molecule has 1 heterocycles. The average molecular weight is 233 g/mol. The van der Waals surface area contributed by atoms with Crippen LogP contribution in [0.5, 0.6) is 0 Å². The van der Waals surface area contributed by atoms with E-state index in [4.69, 9.17) is 5.73 Å². The second-order valence-electron chi connectivity index (χ2n) is 5.05. The van der Waals surface area contributed by atoms with Crippen LogP contribution in [0, 0.1) is 0 Å². The Morgan fingerprint density at radius 3 is 2.18 bits per heavy atom. The van der Waals surface area contributed by atoms with Crippen molar-refractivity contribution in [3.63, 3.8) is 0 Å². The minimum Gasteiger partial charge on any atom is -0.326 e. The van der Waals surface area contributed by atoms with E-state index in [1.807, 2.05) is 0 Å². The Labute approximate surface area is 104 Å². The molecule has 17 heavy (non-hydrogen) atoms. The third-order valence-corrected chi connectivity index (χ3v) is 3.57. The van der Waals surface area contributed by atoms with Gasteiger partial charge in [-0.15, -0.1) is 0 Å².